The second kappa shape index (κ2) is 4.38. The molecule has 0 amide bonds. The number of nitrogens with one attached hydrogen (secondary N) is 1. The Bertz CT molecular complexity index is 554. The number of hydrogen-bond acceptors (Lipinski definition) is 4. The van der Waals surface area contributed by atoms with Crippen LogP contribution in [0.3, 0.4) is 0 Å². The predicted octanol–water partition coefficient (Wildman–Crippen LogP) is 1.25. The molecular formula is C7H6ClF2NO4S. The van der Waals surface area contributed by atoms with Crippen molar-refractivity contribution in [3.63, 3.8) is 0 Å². The first-order chi connectivity index (χ1) is 7.27. The van der Waals surface area contributed by atoms with Gasteiger partial charge in [0, 0.05) is 16.7 Å². The van der Waals surface area contributed by atoms with E-state index in [1.165, 1.54) is 0 Å². The summed E-state index contributed by atoms with van der Waals surface area (Å²) in [6, 6.07) is 0.727. The van der Waals surface area contributed by atoms with Gasteiger partial charge in [-0.1, -0.05) is 0 Å². The van der Waals surface area contributed by atoms with Gasteiger partial charge in [-0.2, -0.15) is 0 Å². The number of pyridine rings is 1. The van der Waals surface area contributed by atoms with E-state index < -0.39 is 31.5 Å². The van der Waals surface area contributed by atoms with Crippen molar-refractivity contribution in [3.8, 4) is 5.88 Å². The van der Waals surface area contributed by atoms with Crippen LogP contribution in [0.2, 0.25) is 0 Å². The first-order valence-electron chi connectivity index (χ1n) is 3.81. The first kappa shape index (κ1) is 12.9. The van der Waals surface area contributed by atoms with Crippen molar-refractivity contribution in [2.45, 2.75) is 11.3 Å². The molecule has 0 aliphatic rings. The highest BCUT2D eigenvalue weighted by atomic mass is 35.7. The van der Waals surface area contributed by atoms with Gasteiger partial charge in [0.05, 0.1) is 7.11 Å². The predicted molar refractivity (Wildman–Crippen MR) is 51.6 cm³/mol. The highest BCUT2D eigenvalue weighted by Crippen LogP contribution is 2.27. The Morgan fingerprint density at radius 3 is 2.44 bits per heavy atom. The fourth-order valence-corrected chi connectivity index (χ4v) is 2.12. The van der Waals surface area contributed by atoms with E-state index in [0.29, 0.717) is 0 Å². The van der Waals surface area contributed by atoms with Crippen LogP contribution in [0.4, 0.5) is 8.78 Å². The third-order valence-electron chi connectivity index (χ3n) is 1.71. The van der Waals surface area contributed by atoms with E-state index in [1.807, 2.05) is 4.98 Å². The molecule has 90 valence electrons. The standard InChI is InChI=1S/C7H6ClF2NO4S/c1-15-4-2-3(16(8,13)14)5(6(9)10)7(12)11-4/h2,6H,1H3,(H,11,12). The van der Waals surface area contributed by atoms with Crippen molar-refractivity contribution in [2.24, 2.45) is 0 Å². The minimum absolute atomic E-state index is 0.270. The van der Waals surface area contributed by atoms with Gasteiger partial charge in [0.25, 0.3) is 21.0 Å². The molecule has 0 bridgehead atoms. The Labute approximate surface area is 93.4 Å². The molecular weight excluding hydrogens is 268 g/mol. The average Bonchev–Trinajstić information content (AvgIpc) is 2.14. The number of halogens is 3. The molecule has 9 heteroatoms. The molecule has 0 radical (unpaired) electrons. The lowest BCUT2D eigenvalue weighted by molar-refractivity contribution is 0.146. The first-order valence-corrected chi connectivity index (χ1v) is 6.12. The van der Waals surface area contributed by atoms with Crippen LogP contribution < -0.4 is 10.3 Å². The van der Waals surface area contributed by atoms with Crippen LogP contribution >= 0.6 is 10.7 Å². The molecule has 0 spiro atoms. The molecule has 1 N–H and O–H groups in total. The largest absolute Gasteiger partial charge is 0.482 e. The lowest BCUT2D eigenvalue weighted by Gasteiger charge is -2.06. The van der Waals surface area contributed by atoms with E-state index in [4.69, 9.17) is 10.7 Å². The van der Waals surface area contributed by atoms with Gasteiger partial charge >= 0.3 is 0 Å². The van der Waals surface area contributed by atoms with Gasteiger partial charge in [0.15, 0.2) is 5.88 Å². The number of methoxy groups -OCH3 is 1. The summed E-state index contributed by atoms with van der Waals surface area (Å²) >= 11 is 0. The Kier molecular flexibility index (Phi) is 3.54. The van der Waals surface area contributed by atoms with Crippen LogP contribution in [0.15, 0.2) is 15.8 Å². The molecule has 1 rings (SSSR count). The van der Waals surface area contributed by atoms with Gasteiger partial charge in [-0.15, -0.1) is 0 Å². The topological polar surface area (TPSA) is 76.2 Å². The smallest absolute Gasteiger partial charge is 0.270 e. The van der Waals surface area contributed by atoms with E-state index in [0.717, 1.165) is 13.2 Å². The zero-order valence-corrected chi connectivity index (χ0v) is 9.40. The van der Waals surface area contributed by atoms with Gasteiger partial charge in [-0.3, -0.25) is 9.78 Å². The maximum atomic E-state index is 12.5. The minimum atomic E-state index is -4.44. The van der Waals surface area contributed by atoms with Crippen LogP contribution in [0.5, 0.6) is 5.88 Å². The summed E-state index contributed by atoms with van der Waals surface area (Å²) in [5.74, 6) is -0.270. The summed E-state index contributed by atoms with van der Waals surface area (Å²) < 4.78 is 51.5. The number of aromatic nitrogens is 1. The van der Waals surface area contributed by atoms with E-state index in [1.54, 1.807) is 0 Å². The molecule has 1 aromatic rings. The number of aromatic amines is 1. The normalized spacial score (nSPS) is 11.8. The van der Waals surface area contributed by atoms with Crippen molar-refractivity contribution in [1.82, 2.24) is 4.98 Å². The van der Waals surface area contributed by atoms with Gasteiger partial charge in [-0.25, -0.2) is 17.2 Å². The summed E-state index contributed by atoms with van der Waals surface area (Å²) in [7, 11) is 1.63. The second-order valence-corrected chi connectivity index (χ2v) is 5.22. The van der Waals surface area contributed by atoms with Crippen molar-refractivity contribution < 1.29 is 21.9 Å². The summed E-state index contributed by atoms with van der Waals surface area (Å²) in [4.78, 5) is 12.2. The van der Waals surface area contributed by atoms with Crippen molar-refractivity contribution in [1.29, 1.82) is 0 Å². The van der Waals surface area contributed by atoms with Gasteiger partial charge in [0.2, 0.25) is 0 Å². The van der Waals surface area contributed by atoms with Crippen LogP contribution in [-0.4, -0.2) is 20.5 Å². The van der Waals surface area contributed by atoms with E-state index in [9.17, 15) is 22.0 Å². The Hall–Kier alpha value is -1.15. The summed E-state index contributed by atoms with van der Waals surface area (Å²) in [5.41, 5.74) is -2.45. The molecule has 0 saturated carbocycles. The number of H-pyrrole nitrogens is 1. The zero-order chi connectivity index (χ0) is 12.5. The third-order valence-corrected chi connectivity index (χ3v) is 3.07. The maximum absolute atomic E-state index is 12.5. The molecule has 16 heavy (non-hydrogen) atoms. The van der Waals surface area contributed by atoms with Crippen LogP contribution in [0.25, 0.3) is 0 Å². The molecule has 0 unspecified atom stereocenters. The number of ether oxygens (including phenoxy) is 1. The number of hydrogen-bond donors (Lipinski definition) is 1. The highest BCUT2D eigenvalue weighted by molar-refractivity contribution is 8.13. The molecule has 0 saturated heterocycles. The average molecular weight is 274 g/mol. The summed E-state index contributed by atoms with van der Waals surface area (Å²) in [6.07, 6.45) is -3.25. The maximum Gasteiger partial charge on any atom is 0.270 e. The monoisotopic (exact) mass is 273 g/mol. The quantitative estimate of drug-likeness (QED) is 0.841. The molecule has 0 aliphatic carbocycles. The molecule has 0 fully saturated rings. The fraction of sp³-hybridized carbons (Fsp3) is 0.286. The lowest BCUT2D eigenvalue weighted by Crippen LogP contribution is -2.17. The van der Waals surface area contributed by atoms with Crippen LogP contribution in [0.1, 0.15) is 12.0 Å². The molecule has 0 aliphatic heterocycles. The van der Waals surface area contributed by atoms with Crippen LogP contribution in [-0.2, 0) is 9.05 Å². The molecule has 1 heterocycles. The minimum Gasteiger partial charge on any atom is -0.482 e. The summed E-state index contributed by atoms with van der Waals surface area (Å²) in [6.45, 7) is 0. The van der Waals surface area contributed by atoms with Crippen molar-refractivity contribution in [3.05, 3.63) is 22.0 Å². The van der Waals surface area contributed by atoms with Gasteiger partial charge < -0.3 is 4.74 Å². The fourth-order valence-electron chi connectivity index (χ4n) is 1.04. The molecule has 0 atom stereocenters. The molecule has 0 aromatic carbocycles. The second-order valence-electron chi connectivity index (χ2n) is 2.68. The van der Waals surface area contributed by atoms with Gasteiger partial charge in [-0.05, 0) is 0 Å². The number of alkyl halides is 2. The Balaban J connectivity index is 3.67. The van der Waals surface area contributed by atoms with E-state index >= 15 is 0 Å². The van der Waals surface area contributed by atoms with Gasteiger partial charge in [0.1, 0.15) is 10.5 Å². The zero-order valence-electron chi connectivity index (χ0n) is 7.83. The SMILES string of the molecule is COc1cc(S(=O)(=O)Cl)c(C(F)F)c(=O)[nH]1. The van der Waals surface area contributed by atoms with E-state index in [-0.39, 0.29) is 5.88 Å². The molecule has 5 nitrogen and oxygen atoms in total. The van der Waals surface area contributed by atoms with E-state index in [2.05, 4.69) is 4.74 Å². The van der Waals surface area contributed by atoms with Crippen LogP contribution in [0, 0.1) is 0 Å². The van der Waals surface area contributed by atoms with Crippen molar-refractivity contribution in [2.75, 3.05) is 7.11 Å². The van der Waals surface area contributed by atoms with Crippen molar-refractivity contribution >= 4 is 19.7 Å². The lowest BCUT2D eigenvalue weighted by atomic mass is 10.3. The highest BCUT2D eigenvalue weighted by Gasteiger charge is 2.26. The Morgan fingerprint density at radius 1 is 1.50 bits per heavy atom. The summed E-state index contributed by atoms with van der Waals surface area (Å²) in [5, 5.41) is 0. The number of rotatable bonds is 3. The molecule has 1 aromatic heterocycles. The Morgan fingerprint density at radius 2 is 2.06 bits per heavy atom. The third kappa shape index (κ3) is 2.50.